The minimum Gasteiger partial charge on any atom is -0.150 e. The van der Waals surface area contributed by atoms with Crippen molar-refractivity contribution in [3.8, 4) is 0 Å². The maximum Gasteiger partial charge on any atom is 0.114 e. The van der Waals surface area contributed by atoms with Gasteiger partial charge in [-0.05, 0) is 49.2 Å². The normalized spacial score (nSPS) is 15.4. The van der Waals surface area contributed by atoms with Crippen molar-refractivity contribution in [3.05, 3.63) is 57.3 Å². The second-order valence-electron chi connectivity index (χ2n) is 5.18. The van der Waals surface area contributed by atoms with Crippen molar-refractivity contribution in [3.63, 3.8) is 0 Å². The zero-order valence-electron chi connectivity index (χ0n) is 12.1. The van der Waals surface area contributed by atoms with E-state index in [0.29, 0.717) is 0 Å². The number of nitroso groups, excluding NO2 is 2. The molecule has 0 spiro atoms. The van der Waals surface area contributed by atoms with Gasteiger partial charge in [0, 0.05) is 19.6 Å². The molecule has 0 amide bonds. The summed E-state index contributed by atoms with van der Waals surface area (Å²) in [5, 5.41) is 6.17. The zero-order valence-corrected chi connectivity index (χ0v) is 13.8. The highest BCUT2D eigenvalue weighted by atomic mass is 32.2. The number of fused-ring (bicyclic) bond motifs is 2. The predicted molar refractivity (Wildman–Crippen MR) is 89.6 cm³/mol. The van der Waals surface area contributed by atoms with E-state index in [1.165, 1.54) is 0 Å². The van der Waals surface area contributed by atoms with E-state index in [0.717, 1.165) is 30.7 Å². The Hall–Kier alpha value is -1.66. The van der Waals surface area contributed by atoms with Crippen LogP contribution in [0.3, 0.4) is 0 Å². The van der Waals surface area contributed by atoms with E-state index >= 15 is 0 Å². The average Bonchev–Trinajstić information content (AvgIpc) is 2.57. The molecule has 0 saturated carbocycles. The topological polar surface area (TPSA) is 58.9 Å². The average molecular weight is 330 g/mol. The fraction of sp³-hybridized carbons (Fsp3) is 0.250. The second-order valence-corrected chi connectivity index (χ2v) is 7.35. The molecule has 1 aliphatic rings. The molecular weight excluding hydrogens is 316 g/mol. The molecule has 2 aromatic carbocycles. The highest BCUT2D eigenvalue weighted by molar-refractivity contribution is 8.05. The summed E-state index contributed by atoms with van der Waals surface area (Å²) in [6.07, 6.45) is 0. The molecule has 2 aromatic rings. The van der Waals surface area contributed by atoms with Gasteiger partial charge in [-0.25, -0.2) is 0 Å². The van der Waals surface area contributed by atoms with Gasteiger partial charge in [-0.1, -0.05) is 46.0 Å². The van der Waals surface area contributed by atoms with E-state index in [4.69, 9.17) is 0 Å². The summed E-state index contributed by atoms with van der Waals surface area (Å²) < 4.78 is 0. The number of nitrogens with zero attached hydrogens (tertiary/aromatic N) is 2. The first-order chi connectivity index (χ1) is 10.6. The number of hydrogen-bond acceptors (Lipinski definition) is 6. The van der Waals surface area contributed by atoms with Crippen molar-refractivity contribution in [1.29, 1.82) is 0 Å². The van der Waals surface area contributed by atoms with Crippen molar-refractivity contribution < 1.29 is 0 Å². The Bertz CT molecular complexity index is 685. The first-order valence-corrected chi connectivity index (χ1v) is 8.54. The monoisotopic (exact) mass is 330 g/mol. The molecule has 4 nitrogen and oxygen atoms in total. The smallest absolute Gasteiger partial charge is 0.114 e. The van der Waals surface area contributed by atoms with E-state index < -0.39 is 0 Å². The highest BCUT2D eigenvalue weighted by Gasteiger charge is 2.20. The van der Waals surface area contributed by atoms with Gasteiger partial charge in [0.1, 0.15) is 12.1 Å². The van der Waals surface area contributed by atoms with Gasteiger partial charge in [0.05, 0.1) is 0 Å². The Morgan fingerprint density at radius 2 is 1.14 bits per heavy atom. The first kappa shape index (κ1) is 15.2. The fourth-order valence-electron chi connectivity index (χ4n) is 2.26. The summed E-state index contributed by atoms with van der Waals surface area (Å²) in [5.41, 5.74) is 1.86. The lowest BCUT2D eigenvalue weighted by Crippen LogP contribution is -1.96. The van der Waals surface area contributed by atoms with Gasteiger partial charge in [-0.3, -0.25) is 0 Å². The van der Waals surface area contributed by atoms with Gasteiger partial charge in [-0.15, -0.1) is 0 Å². The van der Waals surface area contributed by atoms with Crippen LogP contribution in [0.4, 0.5) is 0 Å². The largest absolute Gasteiger partial charge is 0.150 e. The van der Waals surface area contributed by atoms with Crippen LogP contribution in [0.15, 0.2) is 66.3 Å². The van der Waals surface area contributed by atoms with Gasteiger partial charge in [0.15, 0.2) is 0 Å². The molecular formula is C16H14N2O2S2. The minimum atomic E-state index is -0.334. The van der Waals surface area contributed by atoms with Gasteiger partial charge in [0.25, 0.3) is 0 Å². The van der Waals surface area contributed by atoms with Crippen LogP contribution in [0, 0.1) is 9.81 Å². The van der Waals surface area contributed by atoms with Gasteiger partial charge >= 0.3 is 0 Å². The summed E-state index contributed by atoms with van der Waals surface area (Å²) in [7, 11) is 0. The maximum absolute atomic E-state index is 10.7. The maximum atomic E-state index is 10.7. The summed E-state index contributed by atoms with van der Waals surface area (Å²) in [6.45, 7) is 3.59. The molecule has 3 rings (SSSR count). The SMILES string of the molecule is CC(N=O)c1ccc2c(c1)Sc1ccc(C(C)N=O)cc1S2. The third-order valence-corrected chi connectivity index (χ3v) is 6.18. The van der Waals surface area contributed by atoms with E-state index in [9.17, 15) is 9.81 Å². The van der Waals surface area contributed by atoms with Crippen molar-refractivity contribution in [2.24, 2.45) is 10.4 Å². The summed E-state index contributed by atoms with van der Waals surface area (Å²) >= 11 is 3.36. The first-order valence-electron chi connectivity index (χ1n) is 6.91. The van der Waals surface area contributed by atoms with Gasteiger partial charge in [-0.2, -0.15) is 9.81 Å². The quantitative estimate of drug-likeness (QED) is 0.554. The van der Waals surface area contributed by atoms with Crippen LogP contribution < -0.4 is 0 Å². The Balaban J connectivity index is 1.94. The van der Waals surface area contributed by atoms with Crippen LogP contribution >= 0.6 is 23.5 Å². The third kappa shape index (κ3) is 2.80. The Morgan fingerprint density at radius 1 is 0.727 bits per heavy atom. The predicted octanol–water partition coefficient (Wildman–Crippen LogP) is 5.96. The lowest BCUT2D eigenvalue weighted by molar-refractivity contribution is 0.802. The van der Waals surface area contributed by atoms with Crippen LogP contribution in [0.5, 0.6) is 0 Å². The van der Waals surface area contributed by atoms with Crippen LogP contribution in [0.25, 0.3) is 0 Å². The summed E-state index contributed by atoms with van der Waals surface area (Å²) in [4.78, 5) is 26.0. The molecule has 0 radical (unpaired) electrons. The Labute approximate surface area is 137 Å². The lowest BCUT2D eigenvalue weighted by atomic mass is 10.1. The fourth-order valence-corrected chi connectivity index (χ4v) is 4.55. The molecule has 22 heavy (non-hydrogen) atoms. The van der Waals surface area contributed by atoms with Crippen LogP contribution in [0.1, 0.15) is 37.1 Å². The van der Waals surface area contributed by atoms with Gasteiger partial charge in [0.2, 0.25) is 0 Å². The zero-order chi connectivity index (χ0) is 15.7. The number of rotatable bonds is 4. The summed E-state index contributed by atoms with van der Waals surface area (Å²) in [6, 6.07) is 11.4. The lowest BCUT2D eigenvalue weighted by Gasteiger charge is -2.20. The van der Waals surface area contributed by atoms with E-state index in [2.05, 4.69) is 10.4 Å². The highest BCUT2D eigenvalue weighted by Crippen LogP contribution is 2.49. The minimum absolute atomic E-state index is 0.334. The van der Waals surface area contributed by atoms with Crippen molar-refractivity contribution in [1.82, 2.24) is 0 Å². The molecule has 1 aliphatic heterocycles. The molecule has 0 bridgehead atoms. The molecule has 6 heteroatoms. The molecule has 0 aromatic heterocycles. The Morgan fingerprint density at radius 3 is 1.50 bits per heavy atom. The van der Waals surface area contributed by atoms with Crippen molar-refractivity contribution >= 4 is 23.5 Å². The molecule has 2 atom stereocenters. The molecule has 0 fully saturated rings. The van der Waals surface area contributed by atoms with Gasteiger partial charge < -0.3 is 0 Å². The third-order valence-electron chi connectivity index (χ3n) is 3.66. The van der Waals surface area contributed by atoms with E-state index in [1.807, 2.05) is 36.4 Å². The van der Waals surface area contributed by atoms with Crippen LogP contribution in [0.2, 0.25) is 0 Å². The summed E-state index contributed by atoms with van der Waals surface area (Å²) in [5.74, 6) is 0. The molecule has 2 unspecified atom stereocenters. The molecule has 0 saturated heterocycles. The standard InChI is InChI=1S/C16H14N2O2S2/c1-9(17-19)11-3-5-13-15(7-11)21-14-6-4-12(10(2)18-20)8-16(14)22-13/h3-10H,1-2H3. The number of hydrogen-bond donors (Lipinski definition) is 0. The molecule has 0 aliphatic carbocycles. The van der Waals surface area contributed by atoms with Crippen molar-refractivity contribution in [2.45, 2.75) is 45.5 Å². The number of benzene rings is 2. The molecule has 112 valence electrons. The Kier molecular flexibility index (Phi) is 4.31. The van der Waals surface area contributed by atoms with Crippen molar-refractivity contribution in [2.75, 3.05) is 0 Å². The molecule has 1 heterocycles. The second kappa shape index (κ2) is 6.22. The van der Waals surface area contributed by atoms with E-state index in [-0.39, 0.29) is 12.1 Å². The molecule has 0 N–H and O–H groups in total. The van der Waals surface area contributed by atoms with E-state index in [1.54, 1.807) is 37.4 Å². The van der Waals surface area contributed by atoms with Crippen LogP contribution in [-0.4, -0.2) is 0 Å². The van der Waals surface area contributed by atoms with Crippen LogP contribution in [-0.2, 0) is 0 Å².